The first-order valence-corrected chi connectivity index (χ1v) is 9.08. The van der Waals surface area contributed by atoms with Gasteiger partial charge in [0.1, 0.15) is 5.82 Å². The molecule has 0 atom stereocenters. The van der Waals surface area contributed by atoms with E-state index < -0.39 is 5.56 Å². The summed E-state index contributed by atoms with van der Waals surface area (Å²) in [6.45, 7) is 0.186. The van der Waals surface area contributed by atoms with Gasteiger partial charge in [0, 0.05) is 17.0 Å². The number of nitrogens with zero attached hydrogens (tertiary/aromatic N) is 1. The standard InChI is InChI=1S/C23H17FN2O4/c24-16-5-2-14(3-6-16)15-4-7-17-18(10-15)19(23(30)26-22(17)29)12-25-11-13-1-8-20(27)21(28)9-13/h1-10,12,27-28H,11H2,(H2,26,29,30). The van der Waals surface area contributed by atoms with Gasteiger partial charge < -0.3 is 15.3 Å². The predicted octanol–water partition coefficient (Wildman–Crippen LogP) is 4.07. The van der Waals surface area contributed by atoms with Crippen LogP contribution in [-0.4, -0.2) is 26.5 Å². The van der Waals surface area contributed by atoms with Crippen LogP contribution in [0.5, 0.6) is 17.4 Å². The molecule has 4 rings (SSSR count). The maximum atomic E-state index is 13.2. The lowest BCUT2D eigenvalue weighted by molar-refractivity contribution is 0.403. The highest BCUT2D eigenvalue weighted by molar-refractivity contribution is 6.02. The maximum Gasteiger partial charge on any atom is 0.258 e. The normalized spacial score (nSPS) is 11.4. The first-order chi connectivity index (χ1) is 14.4. The van der Waals surface area contributed by atoms with Gasteiger partial charge in [0.05, 0.1) is 12.1 Å². The summed E-state index contributed by atoms with van der Waals surface area (Å²) in [5.41, 5.74) is 2.07. The van der Waals surface area contributed by atoms with Crippen molar-refractivity contribution in [3.63, 3.8) is 0 Å². The van der Waals surface area contributed by atoms with E-state index in [0.717, 1.165) is 11.1 Å². The number of hydrogen-bond acceptors (Lipinski definition) is 5. The van der Waals surface area contributed by atoms with Crippen molar-refractivity contribution < 1.29 is 19.7 Å². The summed E-state index contributed by atoms with van der Waals surface area (Å²) in [6.07, 6.45) is 1.44. The number of aromatic amines is 1. The smallest absolute Gasteiger partial charge is 0.258 e. The molecule has 1 heterocycles. The van der Waals surface area contributed by atoms with Gasteiger partial charge >= 0.3 is 0 Å². The number of rotatable bonds is 4. The average Bonchev–Trinajstić information content (AvgIpc) is 2.73. The number of fused-ring (bicyclic) bond motifs is 1. The van der Waals surface area contributed by atoms with Crippen molar-refractivity contribution in [1.29, 1.82) is 0 Å². The number of aromatic nitrogens is 1. The van der Waals surface area contributed by atoms with Gasteiger partial charge in [-0.3, -0.25) is 14.8 Å². The molecule has 1 aromatic heterocycles. The first kappa shape index (κ1) is 19.2. The molecule has 0 radical (unpaired) electrons. The zero-order valence-corrected chi connectivity index (χ0v) is 15.6. The summed E-state index contributed by atoms with van der Waals surface area (Å²) in [7, 11) is 0. The monoisotopic (exact) mass is 404 g/mol. The average molecular weight is 404 g/mol. The molecule has 0 aliphatic heterocycles. The predicted molar refractivity (Wildman–Crippen MR) is 113 cm³/mol. The fourth-order valence-electron chi connectivity index (χ4n) is 3.20. The Morgan fingerprint density at radius 2 is 1.60 bits per heavy atom. The molecule has 3 aromatic carbocycles. The molecular formula is C23H17FN2O4. The van der Waals surface area contributed by atoms with Crippen molar-refractivity contribution in [2.24, 2.45) is 4.99 Å². The molecule has 0 aliphatic rings. The number of H-pyrrole nitrogens is 1. The summed E-state index contributed by atoms with van der Waals surface area (Å²) in [6, 6.07) is 15.5. The van der Waals surface area contributed by atoms with E-state index in [1.165, 1.54) is 30.5 Å². The third kappa shape index (κ3) is 3.73. The molecular weight excluding hydrogens is 387 g/mol. The van der Waals surface area contributed by atoms with Crippen LogP contribution < -0.4 is 5.56 Å². The molecule has 0 saturated carbocycles. The highest BCUT2D eigenvalue weighted by Crippen LogP contribution is 2.28. The van der Waals surface area contributed by atoms with E-state index in [1.807, 2.05) is 0 Å². The molecule has 0 unspecified atom stereocenters. The van der Waals surface area contributed by atoms with Gasteiger partial charge in [-0.15, -0.1) is 0 Å². The van der Waals surface area contributed by atoms with Gasteiger partial charge in [-0.1, -0.05) is 24.3 Å². The summed E-state index contributed by atoms with van der Waals surface area (Å²) in [4.78, 5) is 18.9. The van der Waals surface area contributed by atoms with E-state index in [-0.39, 0.29) is 29.7 Å². The van der Waals surface area contributed by atoms with Crippen LogP contribution in [0.2, 0.25) is 0 Å². The Labute approximate surface area is 170 Å². The molecule has 0 fully saturated rings. The number of nitrogens with one attached hydrogen (secondary N) is 1. The van der Waals surface area contributed by atoms with E-state index in [0.29, 0.717) is 21.9 Å². The van der Waals surface area contributed by atoms with Gasteiger partial charge in [0.2, 0.25) is 5.88 Å². The Bertz CT molecular complexity index is 1330. The molecule has 4 aromatic rings. The highest BCUT2D eigenvalue weighted by atomic mass is 19.1. The van der Waals surface area contributed by atoms with Crippen LogP contribution in [0, 0.1) is 5.82 Å². The van der Waals surface area contributed by atoms with Crippen molar-refractivity contribution in [1.82, 2.24) is 4.98 Å². The fourth-order valence-corrected chi connectivity index (χ4v) is 3.20. The van der Waals surface area contributed by atoms with Crippen molar-refractivity contribution in [2.45, 2.75) is 6.54 Å². The summed E-state index contributed by atoms with van der Waals surface area (Å²) in [5.74, 6) is -1.13. The number of phenolic OH excluding ortho intramolecular Hbond substituents is 2. The molecule has 4 N–H and O–H groups in total. The van der Waals surface area contributed by atoms with Gasteiger partial charge in [-0.25, -0.2) is 4.39 Å². The van der Waals surface area contributed by atoms with Gasteiger partial charge in [0.25, 0.3) is 5.56 Å². The van der Waals surface area contributed by atoms with Crippen LogP contribution in [0.3, 0.4) is 0 Å². The van der Waals surface area contributed by atoms with E-state index in [1.54, 1.807) is 36.4 Å². The SMILES string of the molecule is O=c1[nH]c(O)c(C=NCc2ccc(O)c(O)c2)c2cc(-c3ccc(F)cc3)ccc12. The number of benzene rings is 3. The summed E-state index contributed by atoms with van der Waals surface area (Å²) < 4.78 is 13.2. The van der Waals surface area contributed by atoms with E-state index >= 15 is 0 Å². The Balaban J connectivity index is 1.75. The van der Waals surface area contributed by atoms with Crippen molar-refractivity contribution in [2.75, 3.05) is 0 Å². The number of halogens is 1. The Morgan fingerprint density at radius 3 is 2.33 bits per heavy atom. The largest absolute Gasteiger partial charge is 0.504 e. The van der Waals surface area contributed by atoms with Crippen LogP contribution in [0.15, 0.2) is 70.5 Å². The minimum atomic E-state index is -0.436. The van der Waals surface area contributed by atoms with Gasteiger partial charge in [0.15, 0.2) is 11.5 Å². The van der Waals surface area contributed by atoms with Gasteiger partial charge in [-0.2, -0.15) is 0 Å². The molecule has 30 heavy (non-hydrogen) atoms. The lowest BCUT2D eigenvalue weighted by atomic mass is 9.99. The zero-order chi connectivity index (χ0) is 21.3. The molecule has 0 bridgehead atoms. The number of pyridine rings is 1. The molecule has 6 nitrogen and oxygen atoms in total. The minimum absolute atomic E-state index is 0.186. The second kappa shape index (κ2) is 7.71. The second-order valence-corrected chi connectivity index (χ2v) is 6.78. The number of phenols is 2. The molecule has 0 amide bonds. The van der Waals surface area contributed by atoms with Crippen LogP contribution in [0.25, 0.3) is 21.9 Å². The Hall–Kier alpha value is -4.13. The molecule has 0 spiro atoms. The van der Waals surface area contributed by atoms with Crippen molar-refractivity contribution in [3.8, 4) is 28.5 Å². The Kier molecular flexibility index (Phi) is 4.93. The molecule has 0 aliphatic carbocycles. The maximum absolute atomic E-state index is 13.2. The third-order valence-electron chi connectivity index (χ3n) is 4.75. The lowest BCUT2D eigenvalue weighted by Crippen LogP contribution is -2.08. The lowest BCUT2D eigenvalue weighted by Gasteiger charge is -2.08. The van der Waals surface area contributed by atoms with Crippen molar-refractivity contribution in [3.05, 3.63) is 88.0 Å². The van der Waals surface area contributed by atoms with Crippen LogP contribution in [0.1, 0.15) is 11.1 Å². The van der Waals surface area contributed by atoms with E-state index in [9.17, 15) is 24.5 Å². The quantitative estimate of drug-likeness (QED) is 0.304. The van der Waals surface area contributed by atoms with Crippen LogP contribution in [-0.2, 0) is 6.54 Å². The van der Waals surface area contributed by atoms with Crippen molar-refractivity contribution >= 4 is 17.0 Å². The first-order valence-electron chi connectivity index (χ1n) is 9.08. The second-order valence-electron chi connectivity index (χ2n) is 6.78. The van der Waals surface area contributed by atoms with Crippen LogP contribution >= 0.6 is 0 Å². The summed E-state index contributed by atoms with van der Waals surface area (Å²) >= 11 is 0. The zero-order valence-electron chi connectivity index (χ0n) is 15.6. The minimum Gasteiger partial charge on any atom is -0.504 e. The fraction of sp³-hybridized carbons (Fsp3) is 0.0435. The number of aromatic hydroxyl groups is 3. The third-order valence-corrected chi connectivity index (χ3v) is 4.75. The topological polar surface area (TPSA) is 106 Å². The van der Waals surface area contributed by atoms with E-state index in [4.69, 9.17) is 0 Å². The van der Waals surface area contributed by atoms with Crippen LogP contribution in [0.4, 0.5) is 4.39 Å². The number of aliphatic imine (C=N–C) groups is 1. The highest BCUT2D eigenvalue weighted by Gasteiger charge is 2.11. The summed E-state index contributed by atoms with van der Waals surface area (Å²) in [5, 5.41) is 30.1. The van der Waals surface area contributed by atoms with E-state index in [2.05, 4.69) is 9.98 Å². The Morgan fingerprint density at radius 1 is 0.867 bits per heavy atom. The molecule has 0 saturated heterocycles. The number of hydrogen-bond donors (Lipinski definition) is 4. The van der Waals surface area contributed by atoms with Gasteiger partial charge in [-0.05, 0) is 53.1 Å². The molecule has 7 heteroatoms. The molecule has 150 valence electrons.